The van der Waals surface area contributed by atoms with E-state index in [0.29, 0.717) is 28.8 Å². The first-order chi connectivity index (χ1) is 16.6. The van der Waals surface area contributed by atoms with Gasteiger partial charge in [0.05, 0.1) is 5.56 Å². The summed E-state index contributed by atoms with van der Waals surface area (Å²) >= 11 is 0. The number of carbonyl (C=O) groups is 1. The molecule has 0 aliphatic rings. The summed E-state index contributed by atoms with van der Waals surface area (Å²) in [6.45, 7) is 11.3. The van der Waals surface area contributed by atoms with E-state index < -0.39 is 6.10 Å². The van der Waals surface area contributed by atoms with Crippen LogP contribution in [0.25, 0.3) is 34.2 Å². The lowest BCUT2D eigenvalue weighted by atomic mass is 10.0. The number of aromatic nitrogens is 3. The maximum atomic E-state index is 11.5. The molecule has 1 aromatic heterocycles. The Balaban J connectivity index is 1.87. The number of ether oxygens (including phenoxy) is 1. The van der Waals surface area contributed by atoms with Crippen molar-refractivity contribution >= 4 is 5.78 Å². The molecule has 178 valence electrons. The molecule has 1 N–H and O–H groups in total. The maximum absolute atomic E-state index is 11.5. The van der Waals surface area contributed by atoms with Crippen LogP contribution in [-0.4, -0.2) is 31.9 Å². The van der Waals surface area contributed by atoms with E-state index in [4.69, 9.17) is 19.7 Å². The third-order valence-corrected chi connectivity index (χ3v) is 5.98. The molecule has 0 bridgehead atoms. The van der Waals surface area contributed by atoms with E-state index in [2.05, 4.69) is 12.1 Å². The number of nitrogens with zero attached hydrogens (tertiary/aromatic N) is 3. The van der Waals surface area contributed by atoms with Gasteiger partial charge in [-0.1, -0.05) is 47.5 Å². The summed E-state index contributed by atoms with van der Waals surface area (Å²) in [6.07, 6.45) is -0.607. The van der Waals surface area contributed by atoms with Gasteiger partial charge in [-0.2, -0.15) is 0 Å². The molecule has 1 atom stereocenters. The molecule has 0 amide bonds. The minimum absolute atomic E-state index is 0.0393. The number of Topliss-reactive ketones (excluding diaryl/α,β-unsaturated/α-hetero) is 1. The van der Waals surface area contributed by atoms with E-state index in [1.165, 1.54) is 13.0 Å². The van der Waals surface area contributed by atoms with Gasteiger partial charge in [-0.3, -0.25) is 4.79 Å². The minimum Gasteiger partial charge on any atom is -0.507 e. The first-order valence-corrected chi connectivity index (χ1v) is 11.5. The summed E-state index contributed by atoms with van der Waals surface area (Å²) in [5.41, 5.74) is 6.68. The Bertz CT molecular complexity index is 1360. The summed E-state index contributed by atoms with van der Waals surface area (Å²) in [5.74, 6) is 1.69. The third kappa shape index (κ3) is 5.22. The van der Waals surface area contributed by atoms with Crippen LogP contribution in [0.2, 0.25) is 0 Å². The van der Waals surface area contributed by atoms with Crippen LogP contribution in [0.5, 0.6) is 11.5 Å². The fourth-order valence-corrected chi connectivity index (χ4v) is 3.93. The van der Waals surface area contributed by atoms with Crippen molar-refractivity contribution in [2.75, 3.05) is 0 Å². The van der Waals surface area contributed by atoms with Crippen LogP contribution in [0.3, 0.4) is 0 Å². The number of phenols is 1. The van der Waals surface area contributed by atoms with Crippen molar-refractivity contribution in [2.45, 2.75) is 47.6 Å². The van der Waals surface area contributed by atoms with Gasteiger partial charge < -0.3 is 9.84 Å². The zero-order valence-electron chi connectivity index (χ0n) is 20.9. The van der Waals surface area contributed by atoms with E-state index >= 15 is 0 Å². The van der Waals surface area contributed by atoms with Crippen molar-refractivity contribution in [3.8, 4) is 45.7 Å². The zero-order chi connectivity index (χ0) is 25.3. The first kappa shape index (κ1) is 24.1. The number of carbonyl (C=O) groups excluding carboxylic acids is 1. The van der Waals surface area contributed by atoms with Crippen molar-refractivity contribution in [1.29, 1.82) is 0 Å². The van der Waals surface area contributed by atoms with Gasteiger partial charge >= 0.3 is 0 Å². The van der Waals surface area contributed by atoms with E-state index in [1.54, 1.807) is 19.1 Å². The predicted octanol–water partition coefficient (Wildman–Crippen LogP) is 6.17. The molecule has 35 heavy (non-hydrogen) atoms. The highest BCUT2D eigenvalue weighted by Gasteiger charge is 2.18. The molecular weight excluding hydrogens is 438 g/mol. The summed E-state index contributed by atoms with van der Waals surface area (Å²) < 4.78 is 5.62. The van der Waals surface area contributed by atoms with Crippen LogP contribution in [0.15, 0.2) is 54.6 Å². The Hall–Kier alpha value is -4.06. The average Bonchev–Trinajstić information content (AvgIpc) is 2.78. The highest BCUT2D eigenvalue weighted by atomic mass is 16.5. The van der Waals surface area contributed by atoms with Gasteiger partial charge in [-0.15, -0.1) is 0 Å². The van der Waals surface area contributed by atoms with Gasteiger partial charge in [0.25, 0.3) is 0 Å². The molecule has 0 saturated carbocycles. The van der Waals surface area contributed by atoms with Crippen LogP contribution >= 0.6 is 0 Å². The Morgan fingerprint density at radius 1 is 0.743 bits per heavy atom. The molecule has 6 nitrogen and oxygen atoms in total. The second kappa shape index (κ2) is 9.66. The van der Waals surface area contributed by atoms with Gasteiger partial charge in [0, 0.05) is 17.2 Å². The van der Waals surface area contributed by atoms with Crippen LogP contribution in [0.4, 0.5) is 0 Å². The molecule has 0 aliphatic carbocycles. The third-order valence-electron chi connectivity index (χ3n) is 5.98. The number of aromatic hydroxyl groups is 1. The lowest BCUT2D eigenvalue weighted by molar-refractivity contribution is -0.122. The van der Waals surface area contributed by atoms with Crippen molar-refractivity contribution < 1.29 is 14.6 Å². The molecule has 0 aliphatic heterocycles. The SMILES string of the molecule is CC(=O)C(C)Oc1ccc(-c2nc(-c3ccc(C)cc3C)nc(-c3ccc(C)cc3C)n2)c(O)c1. The Morgan fingerprint density at radius 3 is 1.63 bits per heavy atom. The molecule has 3 aromatic carbocycles. The Kier molecular flexibility index (Phi) is 6.65. The molecule has 4 aromatic rings. The normalized spacial score (nSPS) is 11.8. The molecule has 0 spiro atoms. The molecular formula is C29H29N3O3. The number of benzene rings is 3. The molecule has 6 heteroatoms. The molecule has 0 saturated heterocycles. The largest absolute Gasteiger partial charge is 0.507 e. The first-order valence-electron chi connectivity index (χ1n) is 11.5. The van der Waals surface area contributed by atoms with Crippen LogP contribution < -0.4 is 4.74 Å². The van der Waals surface area contributed by atoms with Gasteiger partial charge in [0.1, 0.15) is 11.5 Å². The number of phenolic OH excluding ortho intramolecular Hbond substituents is 1. The smallest absolute Gasteiger partial charge is 0.169 e. The highest BCUT2D eigenvalue weighted by molar-refractivity contribution is 5.80. The van der Waals surface area contributed by atoms with Gasteiger partial charge in [-0.05, 0) is 64.8 Å². The molecule has 4 rings (SSSR count). The lowest BCUT2D eigenvalue weighted by Gasteiger charge is -2.14. The monoisotopic (exact) mass is 467 g/mol. The summed E-state index contributed by atoms with van der Waals surface area (Å²) in [4.78, 5) is 25.8. The van der Waals surface area contributed by atoms with Crippen LogP contribution in [-0.2, 0) is 4.79 Å². The number of ketones is 1. The summed E-state index contributed by atoms with van der Waals surface area (Å²) in [5, 5.41) is 10.8. The van der Waals surface area contributed by atoms with Crippen molar-refractivity contribution in [2.24, 2.45) is 0 Å². The highest BCUT2D eigenvalue weighted by Crippen LogP contribution is 2.34. The lowest BCUT2D eigenvalue weighted by Crippen LogP contribution is -2.20. The predicted molar refractivity (Wildman–Crippen MR) is 138 cm³/mol. The number of rotatable bonds is 6. The van der Waals surface area contributed by atoms with Gasteiger partial charge in [-0.25, -0.2) is 15.0 Å². The standard InChI is InChI=1S/C29H29N3O3/c1-16-7-10-23(18(3)13-16)27-30-28(24-11-8-17(2)14-19(24)4)32-29(31-27)25-12-9-22(15-26(25)34)35-21(6)20(5)33/h7-15,21,34H,1-6H3. The number of aryl methyl sites for hydroxylation is 4. The second-order valence-electron chi connectivity index (χ2n) is 8.99. The Labute approximate surface area is 205 Å². The van der Waals surface area contributed by atoms with E-state index in [9.17, 15) is 9.90 Å². The molecule has 1 heterocycles. The number of hydrogen-bond donors (Lipinski definition) is 1. The fourth-order valence-electron chi connectivity index (χ4n) is 3.93. The summed E-state index contributed by atoms with van der Waals surface area (Å²) in [7, 11) is 0. The van der Waals surface area contributed by atoms with Crippen LogP contribution in [0.1, 0.15) is 36.1 Å². The molecule has 0 fully saturated rings. The van der Waals surface area contributed by atoms with Crippen molar-refractivity contribution in [1.82, 2.24) is 15.0 Å². The van der Waals surface area contributed by atoms with Gasteiger partial charge in [0.15, 0.2) is 29.4 Å². The van der Waals surface area contributed by atoms with Crippen molar-refractivity contribution in [3.05, 3.63) is 76.9 Å². The van der Waals surface area contributed by atoms with Crippen LogP contribution in [0, 0.1) is 27.7 Å². The quantitative estimate of drug-likeness (QED) is 0.365. The van der Waals surface area contributed by atoms with E-state index in [0.717, 1.165) is 33.4 Å². The van der Waals surface area contributed by atoms with E-state index in [-0.39, 0.29) is 11.5 Å². The van der Waals surface area contributed by atoms with Crippen molar-refractivity contribution in [3.63, 3.8) is 0 Å². The molecule has 0 radical (unpaired) electrons. The minimum atomic E-state index is -0.607. The summed E-state index contributed by atoms with van der Waals surface area (Å²) in [6, 6.07) is 17.1. The average molecular weight is 468 g/mol. The second-order valence-corrected chi connectivity index (χ2v) is 8.99. The number of hydrogen-bond acceptors (Lipinski definition) is 6. The molecule has 1 unspecified atom stereocenters. The van der Waals surface area contributed by atoms with Gasteiger partial charge in [0.2, 0.25) is 0 Å². The topological polar surface area (TPSA) is 85.2 Å². The Morgan fingerprint density at radius 2 is 1.20 bits per heavy atom. The fraction of sp³-hybridized carbons (Fsp3) is 0.241. The zero-order valence-corrected chi connectivity index (χ0v) is 20.9. The van der Waals surface area contributed by atoms with E-state index in [1.807, 2.05) is 52.0 Å². The maximum Gasteiger partial charge on any atom is 0.169 e.